The molecule has 0 saturated heterocycles. The Labute approximate surface area is 154 Å². The number of aromatic nitrogens is 4. The lowest BCUT2D eigenvalue weighted by Gasteiger charge is -2.30. The van der Waals surface area contributed by atoms with Crippen LogP contribution >= 0.6 is 11.3 Å². The summed E-state index contributed by atoms with van der Waals surface area (Å²) in [7, 11) is 0. The molecule has 3 aromatic heterocycles. The molecule has 3 aromatic rings. The minimum atomic E-state index is -1.10. The number of alkyl halides is 1. The number of anilines is 1. The molecule has 0 aliphatic heterocycles. The molecular weight excluding hydrogens is 356 g/mol. The van der Waals surface area contributed by atoms with Crippen molar-refractivity contribution in [1.29, 1.82) is 0 Å². The Kier molecular flexibility index (Phi) is 5.51. The van der Waals surface area contributed by atoms with Crippen LogP contribution in [0.1, 0.15) is 26.0 Å². The fourth-order valence-electron chi connectivity index (χ4n) is 2.86. The van der Waals surface area contributed by atoms with Crippen molar-refractivity contribution in [2.24, 2.45) is 0 Å². The molecule has 0 saturated carbocycles. The van der Waals surface area contributed by atoms with Gasteiger partial charge in [-0.2, -0.15) is 0 Å². The quantitative estimate of drug-likeness (QED) is 0.669. The van der Waals surface area contributed by atoms with Crippen molar-refractivity contribution in [1.82, 2.24) is 20.2 Å². The van der Waals surface area contributed by atoms with E-state index >= 15 is 0 Å². The van der Waals surface area contributed by atoms with Gasteiger partial charge in [0, 0.05) is 24.4 Å². The predicted octanol–water partition coefficient (Wildman–Crippen LogP) is 4.25. The summed E-state index contributed by atoms with van der Waals surface area (Å²) in [6.45, 7) is 3.54. The highest BCUT2D eigenvalue weighted by Crippen LogP contribution is 2.32. The van der Waals surface area contributed by atoms with Gasteiger partial charge < -0.3 is 5.32 Å². The van der Waals surface area contributed by atoms with Gasteiger partial charge in [0.2, 0.25) is 5.13 Å². The number of nitrogens with one attached hydrogen (secondary N) is 1. The highest BCUT2D eigenvalue weighted by Gasteiger charge is 2.33. The molecule has 3 rings (SSSR count). The topological polar surface area (TPSA) is 63.6 Å². The average molecular weight is 375 g/mol. The molecule has 0 amide bonds. The largest absolute Gasteiger partial charge is 0.359 e. The summed E-state index contributed by atoms with van der Waals surface area (Å²) < 4.78 is 28.0. The lowest BCUT2D eigenvalue weighted by atomic mass is 9.81. The molecule has 0 aliphatic rings. The van der Waals surface area contributed by atoms with Gasteiger partial charge in [-0.1, -0.05) is 24.3 Å². The zero-order chi connectivity index (χ0) is 18.6. The van der Waals surface area contributed by atoms with E-state index in [0.29, 0.717) is 10.1 Å². The lowest BCUT2D eigenvalue weighted by molar-refractivity contribution is 0.267. The fraction of sp³-hybridized carbons (Fsp3) is 0.333. The zero-order valence-corrected chi connectivity index (χ0v) is 15.3. The lowest BCUT2D eigenvalue weighted by Crippen LogP contribution is -2.35. The Morgan fingerprint density at radius 2 is 1.96 bits per heavy atom. The third-order valence-corrected chi connectivity index (χ3v) is 4.90. The van der Waals surface area contributed by atoms with E-state index in [1.807, 2.05) is 18.2 Å². The predicted molar refractivity (Wildman–Crippen MR) is 98.4 cm³/mol. The van der Waals surface area contributed by atoms with Crippen LogP contribution in [0, 0.1) is 5.82 Å². The average Bonchev–Trinajstić information content (AvgIpc) is 3.10. The van der Waals surface area contributed by atoms with Gasteiger partial charge in [-0.05, 0) is 37.6 Å². The molecule has 136 valence electrons. The van der Waals surface area contributed by atoms with Crippen LogP contribution in [0.25, 0.3) is 10.7 Å². The maximum Gasteiger partial charge on any atom is 0.206 e. The van der Waals surface area contributed by atoms with Gasteiger partial charge in [-0.3, -0.25) is 9.97 Å². The van der Waals surface area contributed by atoms with Gasteiger partial charge in [0.1, 0.15) is 11.5 Å². The molecule has 3 heterocycles. The van der Waals surface area contributed by atoms with Crippen molar-refractivity contribution in [3.05, 3.63) is 54.2 Å². The second kappa shape index (κ2) is 7.82. The SMILES string of the molecule is C[C@H](F)C[C@@](C)(CNc1nnc(-c2ccccn2)s1)c1ncccc1F. The standard InChI is InChI=1S/C18H19F2N5S/c1-12(19)10-18(2,15-13(20)6-5-9-22-15)11-23-17-25-24-16(26-17)14-7-3-4-8-21-14/h3-9,12H,10-11H2,1-2H3,(H,23,25)/t12-,18-/m0/s1. The van der Waals surface area contributed by atoms with Gasteiger partial charge in [0.05, 0.1) is 11.9 Å². The van der Waals surface area contributed by atoms with Gasteiger partial charge in [-0.15, -0.1) is 10.2 Å². The molecule has 0 spiro atoms. The van der Waals surface area contributed by atoms with Crippen LogP contribution in [0.15, 0.2) is 42.7 Å². The van der Waals surface area contributed by atoms with E-state index in [1.165, 1.54) is 36.6 Å². The van der Waals surface area contributed by atoms with Crippen LogP contribution in [0.2, 0.25) is 0 Å². The van der Waals surface area contributed by atoms with Crippen LogP contribution in [0.5, 0.6) is 0 Å². The number of nitrogens with zero attached hydrogens (tertiary/aromatic N) is 4. The van der Waals surface area contributed by atoms with Crippen LogP contribution in [0.4, 0.5) is 13.9 Å². The van der Waals surface area contributed by atoms with Crippen LogP contribution in [0.3, 0.4) is 0 Å². The molecular formula is C18H19F2N5S. The first-order valence-electron chi connectivity index (χ1n) is 8.22. The molecule has 26 heavy (non-hydrogen) atoms. The third kappa shape index (κ3) is 4.19. The first-order chi connectivity index (χ1) is 12.5. The summed E-state index contributed by atoms with van der Waals surface area (Å²) >= 11 is 1.34. The monoisotopic (exact) mass is 375 g/mol. The molecule has 1 N–H and O–H groups in total. The van der Waals surface area contributed by atoms with Crippen molar-refractivity contribution in [3.63, 3.8) is 0 Å². The van der Waals surface area contributed by atoms with Crippen molar-refractivity contribution < 1.29 is 8.78 Å². The normalized spacial score (nSPS) is 14.6. The molecule has 8 heteroatoms. The molecule has 0 unspecified atom stereocenters. The smallest absolute Gasteiger partial charge is 0.206 e. The summed E-state index contributed by atoms with van der Waals surface area (Å²) in [5.74, 6) is -0.441. The fourth-order valence-corrected chi connectivity index (χ4v) is 3.58. The summed E-state index contributed by atoms with van der Waals surface area (Å²) in [4.78, 5) is 8.38. The molecule has 0 radical (unpaired) electrons. The molecule has 0 fully saturated rings. The van der Waals surface area contributed by atoms with Gasteiger partial charge in [0.25, 0.3) is 0 Å². The summed E-state index contributed by atoms with van der Waals surface area (Å²) in [6.07, 6.45) is 2.25. The number of halogens is 2. The van der Waals surface area contributed by atoms with E-state index in [1.54, 1.807) is 13.1 Å². The number of pyridine rings is 2. The third-order valence-electron chi connectivity index (χ3n) is 4.00. The van der Waals surface area contributed by atoms with Crippen LogP contribution in [-0.2, 0) is 5.41 Å². The zero-order valence-electron chi connectivity index (χ0n) is 14.5. The van der Waals surface area contributed by atoms with E-state index in [-0.39, 0.29) is 18.7 Å². The second-order valence-electron chi connectivity index (χ2n) is 6.36. The van der Waals surface area contributed by atoms with Crippen molar-refractivity contribution in [3.8, 4) is 10.7 Å². The molecule has 5 nitrogen and oxygen atoms in total. The molecule has 0 aromatic carbocycles. The number of hydrogen-bond acceptors (Lipinski definition) is 6. The van der Waals surface area contributed by atoms with E-state index in [0.717, 1.165) is 5.69 Å². The van der Waals surface area contributed by atoms with Crippen LogP contribution in [-0.4, -0.2) is 32.9 Å². The summed E-state index contributed by atoms with van der Waals surface area (Å²) in [5, 5.41) is 12.6. The van der Waals surface area contributed by atoms with Crippen molar-refractivity contribution in [2.75, 3.05) is 11.9 Å². The van der Waals surface area contributed by atoms with Gasteiger partial charge in [0.15, 0.2) is 5.01 Å². The van der Waals surface area contributed by atoms with E-state index in [2.05, 4.69) is 25.5 Å². The Hall–Kier alpha value is -2.48. The Balaban J connectivity index is 1.79. The summed E-state index contributed by atoms with van der Waals surface area (Å²) in [5.41, 5.74) is 0.150. The summed E-state index contributed by atoms with van der Waals surface area (Å²) in [6, 6.07) is 8.42. The molecule has 2 atom stereocenters. The van der Waals surface area contributed by atoms with E-state index in [9.17, 15) is 8.78 Å². The number of rotatable bonds is 7. The maximum atomic E-state index is 14.2. The number of hydrogen-bond donors (Lipinski definition) is 1. The molecule has 0 aliphatic carbocycles. The minimum Gasteiger partial charge on any atom is -0.359 e. The second-order valence-corrected chi connectivity index (χ2v) is 7.34. The minimum absolute atomic E-state index is 0.139. The van der Waals surface area contributed by atoms with Crippen molar-refractivity contribution >= 4 is 16.5 Å². The Bertz CT molecular complexity index is 856. The first kappa shape index (κ1) is 18.3. The van der Waals surface area contributed by atoms with Gasteiger partial charge >= 0.3 is 0 Å². The van der Waals surface area contributed by atoms with E-state index < -0.39 is 17.4 Å². The van der Waals surface area contributed by atoms with Gasteiger partial charge in [-0.25, -0.2) is 8.78 Å². The highest BCUT2D eigenvalue weighted by molar-refractivity contribution is 7.18. The van der Waals surface area contributed by atoms with Crippen molar-refractivity contribution in [2.45, 2.75) is 31.9 Å². The Morgan fingerprint density at radius 1 is 1.15 bits per heavy atom. The first-order valence-corrected chi connectivity index (χ1v) is 9.03. The molecule has 0 bridgehead atoms. The maximum absolute atomic E-state index is 14.2. The van der Waals surface area contributed by atoms with E-state index in [4.69, 9.17) is 0 Å². The van der Waals surface area contributed by atoms with Crippen LogP contribution < -0.4 is 5.32 Å². The Morgan fingerprint density at radius 3 is 2.65 bits per heavy atom. The highest BCUT2D eigenvalue weighted by atomic mass is 32.1.